The van der Waals surface area contributed by atoms with Gasteiger partial charge in [0.05, 0.1) is 13.2 Å². The van der Waals surface area contributed by atoms with Gasteiger partial charge in [-0.3, -0.25) is 19.3 Å². The van der Waals surface area contributed by atoms with E-state index in [-0.39, 0.29) is 37.0 Å². The minimum atomic E-state index is -0.296. The Labute approximate surface area is 146 Å². The zero-order valence-corrected chi connectivity index (χ0v) is 13.9. The maximum Gasteiger partial charge on any atom is 0.278 e. The molecule has 0 spiro atoms. The fraction of sp³-hybridized carbons (Fsp3) is 0.333. The highest BCUT2D eigenvalue weighted by molar-refractivity contribution is 5.96. The van der Waals surface area contributed by atoms with Crippen molar-refractivity contribution in [3.8, 4) is 5.75 Å². The number of hydrogen-bond acceptors (Lipinski definition) is 5. The van der Waals surface area contributed by atoms with Crippen molar-refractivity contribution in [2.45, 2.75) is 12.8 Å². The number of ether oxygens (including phenoxy) is 2. The lowest BCUT2D eigenvalue weighted by molar-refractivity contribution is -0.0150. The fourth-order valence-corrected chi connectivity index (χ4v) is 3.25. The Balaban J connectivity index is 0.00000196. The van der Waals surface area contributed by atoms with Gasteiger partial charge in [0.2, 0.25) is 5.43 Å². The molecule has 0 saturated carbocycles. The summed E-state index contributed by atoms with van der Waals surface area (Å²) >= 11 is 0. The van der Waals surface area contributed by atoms with Gasteiger partial charge in [0, 0.05) is 27.3 Å². The lowest BCUT2D eigenvalue weighted by Gasteiger charge is -2.46. The average Bonchev–Trinajstić information content (AvgIpc) is 2.66. The van der Waals surface area contributed by atoms with Crippen molar-refractivity contribution in [2.75, 3.05) is 31.8 Å². The van der Waals surface area contributed by atoms with E-state index < -0.39 is 0 Å². The molecule has 0 N–H and O–H groups in total. The summed E-state index contributed by atoms with van der Waals surface area (Å²) in [5.74, 6) is -0.111. The molecule has 1 aromatic carbocycles. The van der Waals surface area contributed by atoms with E-state index in [4.69, 9.17) is 9.47 Å². The Morgan fingerprint density at radius 3 is 2.84 bits per heavy atom. The second-order valence-electron chi connectivity index (χ2n) is 6.10. The van der Waals surface area contributed by atoms with Crippen LogP contribution in [0.15, 0.2) is 47.4 Å². The molecule has 0 radical (unpaired) electrons. The first-order valence-corrected chi connectivity index (χ1v) is 8.21. The SMILES string of the molecule is CN1[C@@H]2COCCN2C(=O)c2c(OCc3ccccc3)c(=O)ccn21.[HH]. The number of likely N-dealkylation sites (N-methyl/N-ethyl adjacent to an activating group) is 1. The van der Waals surface area contributed by atoms with Crippen LogP contribution in [-0.4, -0.2) is 48.5 Å². The molecule has 2 aromatic rings. The van der Waals surface area contributed by atoms with Crippen molar-refractivity contribution in [1.29, 1.82) is 0 Å². The quantitative estimate of drug-likeness (QED) is 0.834. The lowest BCUT2D eigenvalue weighted by Crippen LogP contribution is -2.64. The van der Waals surface area contributed by atoms with E-state index in [0.29, 0.717) is 19.8 Å². The first-order chi connectivity index (χ1) is 12.2. The number of nitrogens with zero attached hydrogens (tertiary/aromatic N) is 3. The fourth-order valence-electron chi connectivity index (χ4n) is 3.25. The molecule has 0 aliphatic carbocycles. The molecule has 7 heteroatoms. The van der Waals surface area contributed by atoms with Gasteiger partial charge in [0.15, 0.2) is 11.4 Å². The molecule has 25 heavy (non-hydrogen) atoms. The predicted molar refractivity (Wildman–Crippen MR) is 93.4 cm³/mol. The number of aromatic nitrogens is 1. The zero-order chi connectivity index (χ0) is 17.4. The van der Waals surface area contributed by atoms with Crippen molar-refractivity contribution < 1.29 is 15.7 Å². The normalized spacial score (nSPS) is 19.4. The van der Waals surface area contributed by atoms with Gasteiger partial charge in [-0.2, -0.15) is 0 Å². The van der Waals surface area contributed by atoms with Crippen LogP contribution in [0.2, 0.25) is 0 Å². The number of rotatable bonds is 3. The van der Waals surface area contributed by atoms with E-state index >= 15 is 0 Å². The maximum absolute atomic E-state index is 13.0. The van der Waals surface area contributed by atoms with E-state index in [1.807, 2.05) is 42.4 Å². The van der Waals surface area contributed by atoms with Gasteiger partial charge < -0.3 is 14.4 Å². The highest BCUT2D eigenvalue weighted by atomic mass is 16.5. The van der Waals surface area contributed by atoms with Crippen LogP contribution in [0.3, 0.4) is 0 Å². The summed E-state index contributed by atoms with van der Waals surface area (Å²) < 4.78 is 13.0. The molecule has 0 bridgehead atoms. The number of carbonyl (C=O) groups excluding carboxylic acids is 1. The van der Waals surface area contributed by atoms with Gasteiger partial charge in [0.25, 0.3) is 5.91 Å². The number of carbonyl (C=O) groups is 1. The second-order valence-corrected chi connectivity index (χ2v) is 6.10. The first kappa shape index (κ1) is 15.7. The van der Waals surface area contributed by atoms with Gasteiger partial charge in [-0.15, -0.1) is 0 Å². The molecule has 7 nitrogen and oxygen atoms in total. The summed E-state index contributed by atoms with van der Waals surface area (Å²) in [6.07, 6.45) is 1.43. The maximum atomic E-state index is 13.0. The van der Waals surface area contributed by atoms with Crippen LogP contribution in [0.5, 0.6) is 5.75 Å². The van der Waals surface area contributed by atoms with Crippen LogP contribution in [0.1, 0.15) is 17.5 Å². The highest BCUT2D eigenvalue weighted by Gasteiger charge is 2.40. The van der Waals surface area contributed by atoms with Crippen molar-refractivity contribution >= 4 is 5.91 Å². The van der Waals surface area contributed by atoms with Crippen LogP contribution in [0.4, 0.5) is 0 Å². The highest BCUT2D eigenvalue weighted by Crippen LogP contribution is 2.25. The molecule has 2 aliphatic rings. The molecule has 3 heterocycles. The number of pyridine rings is 1. The summed E-state index contributed by atoms with van der Waals surface area (Å²) in [4.78, 5) is 27.1. The summed E-state index contributed by atoms with van der Waals surface area (Å²) in [5.41, 5.74) is 0.907. The summed E-state index contributed by atoms with van der Waals surface area (Å²) in [5, 5.41) is 1.89. The van der Waals surface area contributed by atoms with Gasteiger partial charge in [-0.25, -0.2) is 0 Å². The zero-order valence-electron chi connectivity index (χ0n) is 13.9. The third-order valence-electron chi connectivity index (χ3n) is 4.60. The minimum Gasteiger partial charge on any atom is -0.482 e. The average molecular weight is 343 g/mol. The van der Waals surface area contributed by atoms with Crippen LogP contribution >= 0.6 is 0 Å². The Morgan fingerprint density at radius 2 is 2.04 bits per heavy atom. The van der Waals surface area contributed by atoms with E-state index in [1.165, 1.54) is 6.07 Å². The molecule has 1 atom stereocenters. The summed E-state index contributed by atoms with van der Waals surface area (Å²) in [6, 6.07) is 11.0. The van der Waals surface area contributed by atoms with Crippen molar-refractivity contribution in [3.63, 3.8) is 0 Å². The van der Waals surface area contributed by atoms with Crippen LogP contribution in [-0.2, 0) is 11.3 Å². The first-order valence-electron chi connectivity index (χ1n) is 8.21. The van der Waals surface area contributed by atoms with Gasteiger partial charge >= 0.3 is 0 Å². The predicted octanol–water partition coefficient (Wildman–Crippen LogP) is 1.05. The monoisotopic (exact) mass is 343 g/mol. The molecule has 1 amide bonds. The van der Waals surface area contributed by atoms with Crippen LogP contribution in [0.25, 0.3) is 0 Å². The van der Waals surface area contributed by atoms with Gasteiger partial charge in [-0.05, 0) is 5.56 Å². The molecule has 4 rings (SSSR count). The van der Waals surface area contributed by atoms with Gasteiger partial charge in [0.1, 0.15) is 12.8 Å². The van der Waals surface area contributed by atoms with Crippen molar-refractivity contribution in [1.82, 2.24) is 9.58 Å². The molecule has 1 fully saturated rings. The Kier molecular flexibility index (Phi) is 3.93. The molecule has 1 aromatic heterocycles. The van der Waals surface area contributed by atoms with Crippen LogP contribution in [0, 0.1) is 0 Å². The number of fused-ring (bicyclic) bond motifs is 2. The van der Waals surface area contributed by atoms with Crippen molar-refractivity contribution in [2.24, 2.45) is 0 Å². The number of morpholine rings is 1. The lowest BCUT2D eigenvalue weighted by atomic mass is 10.2. The molecule has 0 unspecified atom stereocenters. The van der Waals surface area contributed by atoms with Crippen LogP contribution < -0.4 is 15.2 Å². The Morgan fingerprint density at radius 1 is 1.24 bits per heavy atom. The van der Waals surface area contributed by atoms with E-state index in [9.17, 15) is 9.59 Å². The standard InChI is InChI=1S/C18H19N3O4.H2/c1-19-15-12-24-10-9-20(15)18(23)16-17(14(22)7-8-21(16)19)25-11-13-5-3-2-4-6-13;/h2-8,15H,9-12H2,1H3;1H/t15-;/m0./s1. The van der Waals surface area contributed by atoms with E-state index in [0.717, 1.165) is 5.56 Å². The Hall–Kier alpha value is -2.80. The molecular formula is C18H21N3O4. The topological polar surface area (TPSA) is 64.0 Å². The smallest absolute Gasteiger partial charge is 0.278 e. The molecule has 132 valence electrons. The number of hydrogen-bond donors (Lipinski definition) is 0. The Bertz CT molecular complexity index is 855. The van der Waals surface area contributed by atoms with Crippen molar-refractivity contribution in [3.05, 3.63) is 64.1 Å². The molecular weight excluding hydrogens is 322 g/mol. The third-order valence-corrected chi connectivity index (χ3v) is 4.60. The minimum absolute atomic E-state index is 0. The summed E-state index contributed by atoms with van der Waals surface area (Å²) in [6.45, 7) is 1.66. The van der Waals surface area contributed by atoms with Gasteiger partial charge in [-0.1, -0.05) is 30.3 Å². The molecule has 1 saturated heterocycles. The largest absolute Gasteiger partial charge is 0.482 e. The molecule has 2 aliphatic heterocycles. The second kappa shape index (κ2) is 6.25. The van der Waals surface area contributed by atoms with E-state index in [1.54, 1.807) is 15.8 Å². The number of amides is 1. The summed E-state index contributed by atoms with van der Waals surface area (Å²) in [7, 11) is 1.87. The number of benzene rings is 1. The third kappa shape index (κ3) is 2.66. The van der Waals surface area contributed by atoms with E-state index in [2.05, 4.69) is 0 Å².